The first-order valence-corrected chi connectivity index (χ1v) is 23.1. The summed E-state index contributed by atoms with van der Waals surface area (Å²) in [5, 5.41) is 6.58. The molecule has 1 aliphatic carbocycles. The summed E-state index contributed by atoms with van der Waals surface area (Å²) >= 11 is 0. The highest BCUT2D eigenvalue weighted by Crippen LogP contribution is 2.43. The Bertz CT molecular complexity index is 2930. The van der Waals surface area contributed by atoms with Gasteiger partial charge >= 0.3 is 0 Å². The van der Waals surface area contributed by atoms with Crippen LogP contribution in [0.4, 0.5) is 5.69 Å². The van der Waals surface area contributed by atoms with E-state index >= 15 is 4.79 Å². The van der Waals surface area contributed by atoms with Crippen LogP contribution < -0.4 is 21.2 Å². The highest BCUT2D eigenvalue weighted by Gasteiger charge is 2.40. The molecule has 306 valence electrons. The molecule has 2 unspecified atom stereocenters. The third-order valence-corrected chi connectivity index (χ3v) is 14.7. The van der Waals surface area contributed by atoms with Gasteiger partial charge in [0.15, 0.2) is 0 Å². The molecule has 2 aliphatic rings. The Hall–Kier alpha value is -7.65. The number of amides is 1. The summed E-state index contributed by atoms with van der Waals surface area (Å²) in [6.45, 7) is 0. The molecule has 11 rings (SSSR count). The molecule has 1 N–H and O–H groups in total. The van der Waals surface area contributed by atoms with Crippen molar-refractivity contribution in [3.05, 3.63) is 253 Å². The zero-order valence-electron chi connectivity index (χ0n) is 35.0. The van der Waals surface area contributed by atoms with Crippen molar-refractivity contribution in [1.82, 2.24) is 0 Å². The van der Waals surface area contributed by atoms with E-state index in [4.69, 9.17) is 9.73 Å². The minimum absolute atomic E-state index is 0.0553. The summed E-state index contributed by atoms with van der Waals surface area (Å²) < 4.78 is 6.55. The van der Waals surface area contributed by atoms with Crippen LogP contribution in [-0.2, 0) is 11.2 Å². The summed E-state index contributed by atoms with van der Waals surface area (Å²) in [6, 6.07) is 80.6. The molecule has 0 fully saturated rings. The van der Waals surface area contributed by atoms with E-state index in [1.165, 1.54) is 11.1 Å². The molecule has 64 heavy (non-hydrogen) atoms. The number of anilines is 1. The molecule has 5 heteroatoms. The van der Waals surface area contributed by atoms with Crippen LogP contribution in [-0.4, -0.2) is 17.9 Å². The highest BCUT2D eigenvalue weighted by atomic mass is 31.1. The summed E-state index contributed by atoms with van der Waals surface area (Å²) in [5.74, 6) is 0.373. The van der Waals surface area contributed by atoms with E-state index in [9.17, 15) is 0 Å². The van der Waals surface area contributed by atoms with E-state index < -0.39 is 7.92 Å². The van der Waals surface area contributed by atoms with Gasteiger partial charge in [-0.05, 0) is 134 Å². The van der Waals surface area contributed by atoms with Crippen molar-refractivity contribution in [2.45, 2.75) is 18.6 Å². The molecule has 0 radical (unpaired) electrons. The second kappa shape index (κ2) is 17.3. The van der Waals surface area contributed by atoms with Crippen molar-refractivity contribution in [3.63, 3.8) is 0 Å². The molecular weight excluding hydrogens is 800 g/mol. The number of carbonyl (C=O) groups is 1. The Morgan fingerprint density at radius 1 is 0.484 bits per heavy atom. The highest BCUT2D eigenvalue weighted by molar-refractivity contribution is 7.80. The lowest BCUT2D eigenvalue weighted by atomic mass is 9.99. The van der Waals surface area contributed by atoms with E-state index in [-0.39, 0.29) is 18.1 Å². The number of carbonyl (C=O) groups excluding carboxylic acids is 1. The van der Waals surface area contributed by atoms with Gasteiger partial charge in [0, 0.05) is 12.0 Å². The second-order valence-corrected chi connectivity index (χ2v) is 18.5. The lowest BCUT2D eigenvalue weighted by Crippen LogP contribution is -2.28. The van der Waals surface area contributed by atoms with Crippen molar-refractivity contribution in [2.75, 3.05) is 5.32 Å². The van der Waals surface area contributed by atoms with Gasteiger partial charge < -0.3 is 10.1 Å². The zero-order chi connectivity index (χ0) is 42.8. The largest absolute Gasteiger partial charge is 0.471 e. The number of ether oxygens (including phenoxy) is 1. The molecule has 1 heterocycles. The summed E-state index contributed by atoms with van der Waals surface area (Å²) in [4.78, 5) is 20.2. The van der Waals surface area contributed by atoms with Gasteiger partial charge in [0.25, 0.3) is 5.91 Å². The van der Waals surface area contributed by atoms with Gasteiger partial charge in [-0.1, -0.05) is 176 Å². The Morgan fingerprint density at radius 3 is 1.48 bits per heavy atom. The van der Waals surface area contributed by atoms with Gasteiger partial charge in [-0.25, -0.2) is 4.99 Å². The van der Waals surface area contributed by atoms with Gasteiger partial charge in [-0.2, -0.15) is 0 Å². The molecule has 1 aliphatic heterocycles. The van der Waals surface area contributed by atoms with E-state index in [1.54, 1.807) is 0 Å². The first-order chi connectivity index (χ1) is 31.6. The minimum atomic E-state index is -1.36. The van der Waals surface area contributed by atoms with Crippen molar-refractivity contribution < 1.29 is 9.53 Å². The minimum Gasteiger partial charge on any atom is -0.471 e. The quantitative estimate of drug-likeness (QED) is 0.139. The number of fused-ring (bicyclic) bond motifs is 3. The Morgan fingerprint density at radius 2 is 0.938 bits per heavy atom. The van der Waals surface area contributed by atoms with Gasteiger partial charge in [-0.15, -0.1) is 0 Å². The predicted octanol–water partition coefficient (Wildman–Crippen LogP) is 12.8. The van der Waals surface area contributed by atoms with Crippen LogP contribution in [0.5, 0.6) is 0 Å². The molecular formula is C59H43N2O2P. The molecule has 0 bridgehead atoms. The van der Waals surface area contributed by atoms with Crippen LogP contribution in [0.1, 0.15) is 33.1 Å². The predicted molar refractivity (Wildman–Crippen MR) is 266 cm³/mol. The van der Waals surface area contributed by atoms with Gasteiger partial charge in [-0.3, -0.25) is 4.79 Å². The fourth-order valence-electron chi connectivity index (χ4n) is 9.15. The van der Waals surface area contributed by atoms with Crippen LogP contribution >= 0.6 is 7.92 Å². The van der Waals surface area contributed by atoms with Gasteiger partial charge in [0.1, 0.15) is 12.1 Å². The summed E-state index contributed by atoms with van der Waals surface area (Å²) in [7, 11) is -1.36. The Labute approximate surface area is 375 Å². The zero-order valence-corrected chi connectivity index (χ0v) is 35.9. The molecule has 1 amide bonds. The lowest BCUT2D eigenvalue weighted by molar-refractivity contribution is 0.102. The van der Waals surface area contributed by atoms with E-state index in [0.29, 0.717) is 17.1 Å². The van der Waals surface area contributed by atoms with Crippen molar-refractivity contribution in [2.24, 2.45) is 4.99 Å². The number of benzene rings is 9. The second-order valence-electron chi connectivity index (χ2n) is 16.3. The number of para-hydroxylation sites is 1. The topological polar surface area (TPSA) is 50.7 Å². The first kappa shape index (κ1) is 39.2. The molecule has 2 atom stereocenters. The number of rotatable bonds is 10. The molecule has 0 spiro atoms. The van der Waals surface area contributed by atoms with Crippen LogP contribution in [0.25, 0.3) is 44.5 Å². The van der Waals surface area contributed by atoms with Crippen molar-refractivity contribution in [3.8, 4) is 44.5 Å². The van der Waals surface area contributed by atoms with Crippen LogP contribution in [0.3, 0.4) is 0 Å². The van der Waals surface area contributed by atoms with Crippen molar-refractivity contribution in [1.29, 1.82) is 0 Å². The summed E-state index contributed by atoms with van der Waals surface area (Å²) in [6.07, 6.45) is 0.758. The van der Waals surface area contributed by atoms with Crippen LogP contribution in [0.15, 0.2) is 236 Å². The third-order valence-electron chi connectivity index (χ3n) is 12.2. The van der Waals surface area contributed by atoms with Gasteiger partial charge in [0.05, 0.1) is 11.3 Å². The number of nitrogens with one attached hydrogen (secondary N) is 1. The molecule has 0 saturated heterocycles. The SMILES string of the molecule is O=C(Nc1ccccc1C1=NC2c3ccccc3CC2O1)c1ccccc1P(c1cc(-c2ccccc2)cc(-c2ccccc2)c1)c1cc(-c2ccccc2)cc(-c2ccccc2)c1. The normalized spacial score (nSPS) is 14.9. The lowest BCUT2D eigenvalue weighted by Gasteiger charge is -2.25. The first-order valence-electron chi connectivity index (χ1n) is 21.8. The maximum absolute atomic E-state index is 15.1. The van der Waals surface area contributed by atoms with Crippen molar-refractivity contribution >= 4 is 41.3 Å². The third kappa shape index (κ3) is 7.74. The molecule has 0 aromatic heterocycles. The fraction of sp³-hybridized carbons (Fsp3) is 0.0508. The maximum Gasteiger partial charge on any atom is 0.256 e. The number of nitrogens with zero attached hydrogens (tertiary/aromatic N) is 1. The number of hydrogen-bond donors (Lipinski definition) is 1. The number of aliphatic imine (C=N–C) groups is 1. The van der Waals surface area contributed by atoms with Crippen LogP contribution in [0.2, 0.25) is 0 Å². The summed E-state index contributed by atoms with van der Waals surface area (Å²) in [5.41, 5.74) is 13.5. The molecule has 9 aromatic carbocycles. The monoisotopic (exact) mass is 842 g/mol. The van der Waals surface area contributed by atoms with E-state index in [1.807, 2.05) is 36.4 Å². The number of hydrogen-bond acceptors (Lipinski definition) is 3. The average Bonchev–Trinajstić information content (AvgIpc) is 3.94. The van der Waals surface area contributed by atoms with E-state index in [0.717, 1.165) is 72.4 Å². The Kier molecular flexibility index (Phi) is 10.6. The maximum atomic E-state index is 15.1. The smallest absolute Gasteiger partial charge is 0.256 e. The fourth-order valence-corrected chi connectivity index (χ4v) is 11.7. The van der Waals surface area contributed by atoms with Crippen LogP contribution in [0, 0.1) is 0 Å². The van der Waals surface area contributed by atoms with E-state index in [2.05, 4.69) is 199 Å². The molecule has 0 saturated carbocycles. The molecule has 9 aromatic rings. The average molecular weight is 843 g/mol. The molecule has 4 nitrogen and oxygen atoms in total. The Balaban J connectivity index is 1.08. The van der Waals surface area contributed by atoms with Gasteiger partial charge in [0.2, 0.25) is 5.90 Å². The standard InChI is InChI=1S/C59H43N2O2P/c62-58(60-54-31-17-15-29-52(54)59-61-57-51-28-14-13-27-44(51)39-55(57)63-59)53-30-16-18-32-56(53)64(49-35-45(40-19-5-1-6-20-40)33-46(36-49)41-21-7-2-8-22-41)50-37-47(42-23-9-3-10-24-42)34-48(38-50)43-25-11-4-12-26-43/h1-38,55,57H,39H2,(H,60,62).